The van der Waals surface area contributed by atoms with Crippen molar-refractivity contribution in [3.05, 3.63) is 53.6 Å². The van der Waals surface area contributed by atoms with Gasteiger partial charge in [-0.25, -0.2) is 0 Å². The molecule has 24 heavy (non-hydrogen) atoms. The first-order valence-corrected chi connectivity index (χ1v) is 8.00. The Morgan fingerprint density at radius 2 is 2.04 bits per heavy atom. The molecule has 0 saturated carbocycles. The summed E-state index contributed by atoms with van der Waals surface area (Å²) in [6.07, 6.45) is 0.787. The Bertz CT molecular complexity index is 861. The molecule has 2 aromatic carbocycles. The second-order valence-electron chi connectivity index (χ2n) is 6.42. The number of para-hydroxylation sites is 1. The Labute approximate surface area is 140 Å². The summed E-state index contributed by atoms with van der Waals surface area (Å²) in [6.45, 7) is 4.03. The van der Waals surface area contributed by atoms with Crippen molar-refractivity contribution in [3.8, 4) is 5.75 Å². The molecule has 0 saturated heterocycles. The molecule has 2 aliphatic heterocycles. The number of fused-ring (bicyclic) bond motifs is 2. The Kier molecular flexibility index (Phi) is 3.13. The van der Waals surface area contributed by atoms with Crippen molar-refractivity contribution in [2.24, 2.45) is 0 Å². The number of hydrogen-bond acceptors (Lipinski definition) is 3. The monoisotopic (exact) mass is 322 g/mol. The molecule has 4 rings (SSSR count). The number of hydrogen-bond donors (Lipinski definition) is 1. The molecular formula is C19H18N2O3. The van der Waals surface area contributed by atoms with Crippen LogP contribution in [0.25, 0.3) is 0 Å². The van der Waals surface area contributed by atoms with Gasteiger partial charge < -0.3 is 15.0 Å². The summed E-state index contributed by atoms with van der Waals surface area (Å²) in [5.41, 5.74) is 2.02. The summed E-state index contributed by atoms with van der Waals surface area (Å²) < 4.78 is 5.87. The zero-order valence-corrected chi connectivity index (χ0v) is 13.6. The standard InChI is InChI=1S/C19H18N2O3/c1-12-7-8-16-14(11-12)20-17(22)19(2,24-16)18(23)21-10-9-13-5-3-4-6-15(13)21/h3-8,11H,9-10H2,1-2H3,(H,20,22)/t19-/m1/s1. The molecule has 0 aromatic heterocycles. The van der Waals surface area contributed by atoms with Gasteiger partial charge >= 0.3 is 0 Å². The zero-order chi connectivity index (χ0) is 16.9. The van der Waals surface area contributed by atoms with Gasteiger partial charge in [-0.2, -0.15) is 0 Å². The number of aryl methyl sites for hydroxylation is 1. The topological polar surface area (TPSA) is 58.6 Å². The molecule has 2 heterocycles. The minimum absolute atomic E-state index is 0.337. The quantitative estimate of drug-likeness (QED) is 0.821. The summed E-state index contributed by atoms with van der Waals surface area (Å²) in [7, 11) is 0. The van der Waals surface area contributed by atoms with Crippen molar-refractivity contribution in [3.63, 3.8) is 0 Å². The Hall–Kier alpha value is -2.82. The van der Waals surface area contributed by atoms with Crippen molar-refractivity contribution in [1.29, 1.82) is 0 Å². The average Bonchev–Trinajstić information content (AvgIpc) is 2.99. The zero-order valence-electron chi connectivity index (χ0n) is 13.6. The number of nitrogens with zero attached hydrogens (tertiary/aromatic N) is 1. The maximum atomic E-state index is 13.1. The highest BCUT2D eigenvalue weighted by molar-refractivity contribution is 6.20. The first-order chi connectivity index (χ1) is 11.5. The minimum Gasteiger partial charge on any atom is -0.465 e. The lowest BCUT2D eigenvalue weighted by atomic mass is 10.00. The minimum atomic E-state index is -1.57. The van der Waals surface area contributed by atoms with E-state index in [0.717, 1.165) is 23.2 Å². The first-order valence-electron chi connectivity index (χ1n) is 8.00. The van der Waals surface area contributed by atoms with Gasteiger partial charge in [0.25, 0.3) is 17.4 Å². The van der Waals surface area contributed by atoms with Gasteiger partial charge in [0.1, 0.15) is 5.75 Å². The fourth-order valence-corrected chi connectivity index (χ4v) is 3.29. The van der Waals surface area contributed by atoms with Crippen LogP contribution in [0.4, 0.5) is 11.4 Å². The molecule has 2 amide bonds. The molecule has 122 valence electrons. The molecular weight excluding hydrogens is 304 g/mol. The lowest BCUT2D eigenvalue weighted by Crippen LogP contribution is -2.59. The van der Waals surface area contributed by atoms with Crippen molar-refractivity contribution >= 4 is 23.2 Å². The van der Waals surface area contributed by atoms with E-state index >= 15 is 0 Å². The lowest BCUT2D eigenvalue weighted by Gasteiger charge is -2.36. The van der Waals surface area contributed by atoms with Gasteiger partial charge in [0.15, 0.2) is 0 Å². The second-order valence-corrected chi connectivity index (χ2v) is 6.42. The third kappa shape index (κ3) is 2.08. The van der Waals surface area contributed by atoms with Crippen molar-refractivity contribution in [2.45, 2.75) is 25.9 Å². The van der Waals surface area contributed by atoms with Crippen LogP contribution in [0.3, 0.4) is 0 Å². The summed E-state index contributed by atoms with van der Waals surface area (Å²) in [5.74, 6) is -0.255. The molecule has 5 heteroatoms. The van der Waals surface area contributed by atoms with Crippen LogP contribution >= 0.6 is 0 Å². The summed E-state index contributed by atoms with van der Waals surface area (Å²) in [6, 6.07) is 13.3. The van der Waals surface area contributed by atoms with Crippen molar-refractivity contribution in [2.75, 3.05) is 16.8 Å². The van der Waals surface area contributed by atoms with Crippen LogP contribution in [-0.4, -0.2) is 24.0 Å². The van der Waals surface area contributed by atoms with Gasteiger partial charge in [0.2, 0.25) is 0 Å². The number of carbonyl (C=O) groups excluding carboxylic acids is 2. The molecule has 0 spiro atoms. The molecule has 1 N–H and O–H groups in total. The summed E-state index contributed by atoms with van der Waals surface area (Å²) in [4.78, 5) is 27.4. The molecule has 1 atom stereocenters. The first kappa shape index (κ1) is 14.8. The number of rotatable bonds is 1. The van der Waals surface area contributed by atoms with E-state index in [1.165, 1.54) is 6.92 Å². The molecule has 0 aliphatic carbocycles. The average molecular weight is 322 g/mol. The molecule has 2 aromatic rings. The van der Waals surface area contributed by atoms with Crippen LogP contribution in [0, 0.1) is 6.92 Å². The fourth-order valence-electron chi connectivity index (χ4n) is 3.29. The highest BCUT2D eigenvalue weighted by atomic mass is 16.5. The smallest absolute Gasteiger partial charge is 0.280 e. The van der Waals surface area contributed by atoms with E-state index in [0.29, 0.717) is 18.0 Å². The van der Waals surface area contributed by atoms with Gasteiger partial charge in [-0.1, -0.05) is 24.3 Å². The van der Waals surface area contributed by atoms with Crippen LogP contribution in [0.2, 0.25) is 0 Å². The van der Waals surface area contributed by atoms with Crippen molar-refractivity contribution in [1.82, 2.24) is 0 Å². The van der Waals surface area contributed by atoms with Crippen LogP contribution in [0.15, 0.2) is 42.5 Å². The number of carbonyl (C=O) groups is 2. The maximum Gasteiger partial charge on any atom is 0.280 e. The summed E-state index contributed by atoms with van der Waals surface area (Å²) >= 11 is 0. The fraction of sp³-hybridized carbons (Fsp3) is 0.263. The van der Waals surface area contributed by atoms with E-state index in [-0.39, 0.29) is 5.91 Å². The van der Waals surface area contributed by atoms with Gasteiger partial charge in [0.05, 0.1) is 5.69 Å². The predicted octanol–water partition coefficient (Wildman–Crippen LogP) is 2.67. The van der Waals surface area contributed by atoms with Gasteiger partial charge in [-0.3, -0.25) is 9.59 Å². The highest BCUT2D eigenvalue weighted by Gasteiger charge is 2.50. The van der Waals surface area contributed by atoms with E-state index in [9.17, 15) is 9.59 Å². The molecule has 0 radical (unpaired) electrons. The number of ether oxygens (including phenoxy) is 1. The van der Waals surface area contributed by atoms with Crippen LogP contribution in [-0.2, 0) is 16.0 Å². The van der Waals surface area contributed by atoms with E-state index < -0.39 is 11.5 Å². The number of amides is 2. The molecule has 0 unspecified atom stereocenters. The molecule has 2 aliphatic rings. The Morgan fingerprint density at radius 1 is 1.25 bits per heavy atom. The Balaban J connectivity index is 1.70. The van der Waals surface area contributed by atoms with Crippen molar-refractivity contribution < 1.29 is 14.3 Å². The van der Waals surface area contributed by atoms with E-state index in [1.807, 2.05) is 43.3 Å². The third-order valence-electron chi connectivity index (χ3n) is 4.67. The number of benzene rings is 2. The van der Waals surface area contributed by atoms with Crippen LogP contribution < -0.4 is 15.0 Å². The Morgan fingerprint density at radius 3 is 2.88 bits per heavy atom. The number of nitrogens with one attached hydrogen (secondary N) is 1. The van der Waals surface area contributed by atoms with E-state index in [1.54, 1.807) is 11.0 Å². The maximum absolute atomic E-state index is 13.1. The summed E-state index contributed by atoms with van der Waals surface area (Å²) in [5, 5.41) is 2.81. The highest BCUT2D eigenvalue weighted by Crippen LogP contribution is 2.37. The van der Waals surface area contributed by atoms with Crippen LogP contribution in [0.1, 0.15) is 18.1 Å². The third-order valence-corrected chi connectivity index (χ3v) is 4.67. The van der Waals surface area contributed by atoms with E-state index in [2.05, 4.69) is 5.32 Å². The second kappa shape index (κ2) is 5.09. The van der Waals surface area contributed by atoms with Crippen LogP contribution in [0.5, 0.6) is 5.75 Å². The van der Waals surface area contributed by atoms with Gasteiger partial charge in [-0.15, -0.1) is 0 Å². The largest absolute Gasteiger partial charge is 0.465 e. The molecule has 0 fully saturated rings. The SMILES string of the molecule is Cc1ccc2c(c1)NC(=O)[C@](C)(C(=O)N1CCc3ccccc31)O2. The molecule has 5 nitrogen and oxygen atoms in total. The predicted molar refractivity (Wildman–Crippen MR) is 91.3 cm³/mol. The number of anilines is 2. The molecule has 0 bridgehead atoms. The van der Waals surface area contributed by atoms with Gasteiger partial charge in [-0.05, 0) is 49.6 Å². The van der Waals surface area contributed by atoms with E-state index in [4.69, 9.17) is 4.74 Å². The van der Waals surface area contributed by atoms with Gasteiger partial charge in [0, 0.05) is 12.2 Å². The lowest BCUT2D eigenvalue weighted by molar-refractivity contribution is -0.144. The normalized spacial score (nSPS) is 21.6.